The van der Waals surface area contributed by atoms with Gasteiger partial charge in [0.1, 0.15) is 5.69 Å². The molecule has 1 heterocycles. The third kappa shape index (κ3) is 10.9. The van der Waals surface area contributed by atoms with Crippen LogP contribution < -0.4 is 14.9 Å². The number of piperazine rings is 1. The highest BCUT2D eigenvalue weighted by Crippen LogP contribution is 2.31. The van der Waals surface area contributed by atoms with Crippen LogP contribution in [-0.4, -0.2) is 87.7 Å². The molecule has 56 heavy (non-hydrogen) atoms. The van der Waals surface area contributed by atoms with Gasteiger partial charge in [0.2, 0.25) is 0 Å². The summed E-state index contributed by atoms with van der Waals surface area (Å²) in [7, 11) is -0.509. The van der Waals surface area contributed by atoms with Crippen molar-refractivity contribution in [2.24, 2.45) is 0 Å². The summed E-state index contributed by atoms with van der Waals surface area (Å²) in [6, 6.07) is 36.5. The van der Waals surface area contributed by atoms with Crippen LogP contribution in [0.25, 0.3) is 11.1 Å². The Kier molecular flexibility index (Phi) is 13.7. The Hall–Kier alpha value is -4.92. The molecule has 0 spiro atoms. The maximum Gasteiger partial charge on any atom is 0.293 e. The Bertz CT molecular complexity index is 2220. The molecule has 1 saturated heterocycles. The van der Waals surface area contributed by atoms with Crippen LogP contribution in [0, 0.1) is 10.1 Å². The number of rotatable bonds is 16. The number of anilines is 2. The van der Waals surface area contributed by atoms with Crippen molar-refractivity contribution in [2.45, 2.75) is 28.8 Å². The maximum atomic E-state index is 13.4. The molecule has 0 aromatic heterocycles. The fourth-order valence-corrected chi connectivity index (χ4v) is 8.65. The van der Waals surface area contributed by atoms with Crippen molar-refractivity contribution in [3.63, 3.8) is 0 Å². The number of benzene rings is 5. The molecule has 0 unspecified atom stereocenters. The van der Waals surface area contributed by atoms with Crippen molar-refractivity contribution < 1.29 is 18.1 Å². The minimum Gasteiger partial charge on any atom is -0.376 e. The first kappa shape index (κ1) is 40.7. The summed E-state index contributed by atoms with van der Waals surface area (Å²) in [6.45, 7) is 4.83. The number of thioether (sulfide) groups is 1. The van der Waals surface area contributed by atoms with E-state index in [1.54, 1.807) is 36.0 Å². The van der Waals surface area contributed by atoms with Gasteiger partial charge in [0.25, 0.3) is 21.6 Å². The number of carbonyl (C=O) groups is 1. The van der Waals surface area contributed by atoms with Crippen molar-refractivity contribution in [2.75, 3.05) is 62.8 Å². The van der Waals surface area contributed by atoms with Gasteiger partial charge >= 0.3 is 0 Å². The standard InChI is InChI=1S/C42H45ClN6O5S2/c1-46(2)23-22-35(30-55-37-9-4-3-5-10-37)44-40-21-20-38(28-41(40)49(51)52)56(53,54)45-42(50)32-14-18-36(19-15-32)48-26-24-47(25-27-48)29-33-8-6-7-11-39(33)31-12-16-34(43)17-13-31/h3-21,28,35,44H,22-27,29-30H2,1-2H3,(H,45,50)/t35-/m0/s1. The summed E-state index contributed by atoms with van der Waals surface area (Å²) in [5.41, 5.74) is 4.45. The highest BCUT2D eigenvalue weighted by atomic mass is 35.5. The molecular weight excluding hydrogens is 768 g/mol. The predicted molar refractivity (Wildman–Crippen MR) is 226 cm³/mol. The lowest BCUT2D eigenvalue weighted by atomic mass is 9.99. The van der Waals surface area contributed by atoms with Gasteiger partial charge < -0.3 is 15.1 Å². The molecule has 11 nitrogen and oxygen atoms in total. The van der Waals surface area contributed by atoms with E-state index < -0.39 is 26.5 Å². The van der Waals surface area contributed by atoms with E-state index >= 15 is 0 Å². The van der Waals surface area contributed by atoms with Crippen LogP contribution in [0.4, 0.5) is 17.1 Å². The minimum absolute atomic E-state index is 0.140. The molecule has 1 atom stereocenters. The zero-order chi connectivity index (χ0) is 39.7. The van der Waals surface area contributed by atoms with Crippen LogP contribution in [0.5, 0.6) is 0 Å². The molecule has 5 aromatic rings. The molecule has 6 rings (SSSR count). The van der Waals surface area contributed by atoms with Gasteiger partial charge in [0.05, 0.1) is 9.82 Å². The second kappa shape index (κ2) is 18.8. The van der Waals surface area contributed by atoms with E-state index in [2.05, 4.69) is 38.0 Å². The Morgan fingerprint density at radius 3 is 2.25 bits per heavy atom. The number of nitro groups is 1. The summed E-state index contributed by atoms with van der Waals surface area (Å²) < 4.78 is 28.8. The number of hydrogen-bond acceptors (Lipinski definition) is 10. The largest absolute Gasteiger partial charge is 0.376 e. The van der Waals surface area contributed by atoms with Gasteiger partial charge in [0, 0.05) is 71.8 Å². The van der Waals surface area contributed by atoms with Crippen LogP contribution >= 0.6 is 23.4 Å². The van der Waals surface area contributed by atoms with Crippen molar-refractivity contribution in [3.05, 3.63) is 148 Å². The van der Waals surface area contributed by atoms with Crippen molar-refractivity contribution in [1.82, 2.24) is 14.5 Å². The van der Waals surface area contributed by atoms with Gasteiger partial charge in [-0.05, 0) is 104 Å². The van der Waals surface area contributed by atoms with Gasteiger partial charge in [-0.15, -0.1) is 11.8 Å². The zero-order valence-electron chi connectivity index (χ0n) is 31.3. The number of nitrogens with zero attached hydrogens (tertiary/aromatic N) is 4. The average Bonchev–Trinajstić information content (AvgIpc) is 3.20. The van der Waals surface area contributed by atoms with Crippen LogP contribution in [0.3, 0.4) is 0 Å². The van der Waals surface area contributed by atoms with Gasteiger partial charge in [-0.25, -0.2) is 13.1 Å². The summed E-state index contributed by atoms with van der Waals surface area (Å²) in [4.78, 5) is 32.1. The predicted octanol–water partition coefficient (Wildman–Crippen LogP) is 7.88. The maximum absolute atomic E-state index is 13.4. The van der Waals surface area contributed by atoms with Gasteiger partial charge in [-0.3, -0.25) is 19.8 Å². The molecule has 0 radical (unpaired) electrons. The molecule has 0 saturated carbocycles. The lowest BCUT2D eigenvalue weighted by Crippen LogP contribution is -2.46. The first-order chi connectivity index (χ1) is 26.9. The third-order valence-electron chi connectivity index (χ3n) is 9.62. The number of nitrogens with one attached hydrogen (secondary N) is 2. The molecule has 14 heteroatoms. The summed E-state index contributed by atoms with van der Waals surface area (Å²) in [6.07, 6.45) is 0.704. The highest BCUT2D eigenvalue weighted by molar-refractivity contribution is 7.99. The van der Waals surface area contributed by atoms with E-state index in [4.69, 9.17) is 11.6 Å². The fourth-order valence-electron chi connectivity index (χ4n) is 6.53. The first-order valence-electron chi connectivity index (χ1n) is 18.3. The topological polar surface area (TPSA) is 128 Å². The molecule has 0 aliphatic carbocycles. The van der Waals surface area contributed by atoms with Crippen LogP contribution in [-0.2, 0) is 16.6 Å². The number of sulfonamides is 1. The Labute approximate surface area is 337 Å². The highest BCUT2D eigenvalue weighted by Gasteiger charge is 2.26. The molecule has 5 aromatic carbocycles. The third-order valence-corrected chi connectivity index (χ3v) is 12.4. The lowest BCUT2D eigenvalue weighted by Gasteiger charge is -2.36. The number of hydrogen-bond donors (Lipinski definition) is 2. The second-order valence-corrected chi connectivity index (χ2v) is 17.1. The summed E-state index contributed by atoms with van der Waals surface area (Å²) in [5.74, 6) is -0.187. The number of nitro benzene ring substituents is 1. The SMILES string of the molecule is CN(C)CC[C@@H](CSc1ccccc1)Nc1ccc(S(=O)(=O)NC(=O)c2ccc(N3CCN(Cc4ccccc4-c4ccc(Cl)cc4)CC3)cc2)cc1[N+](=O)[O-]. The number of amides is 1. The van der Waals surface area contributed by atoms with Crippen molar-refractivity contribution in [1.29, 1.82) is 0 Å². The minimum atomic E-state index is -4.43. The second-order valence-electron chi connectivity index (χ2n) is 13.9. The van der Waals surface area contributed by atoms with Gasteiger partial charge in [0.15, 0.2) is 0 Å². The number of halogens is 1. The molecule has 2 N–H and O–H groups in total. The fraction of sp³-hybridized carbons (Fsp3) is 0.262. The first-order valence-corrected chi connectivity index (χ1v) is 21.2. The quantitative estimate of drug-likeness (QED) is 0.0577. The average molecular weight is 813 g/mol. The molecular formula is C42H45ClN6O5S2. The molecule has 1 amide bonds. The normalized spacial score (nSPS) is 14.0. The van der Waals surface area contributed by atoms with Crippen molar-refractivity contribution in [3.8, 4) is 11.1 Å². The monoisotopic (exact) mass is 812 g/mol. The Balaban J connectivity index is 1.06. The molecule has 1 aliphatic heterocycles. The molecule has 0 bridgehead atoms. The van der Waals surface area contributed by atoms with E-state index in [9.17, 15) is 23.3 Å². The van der Waals surface area contributed by atoms with E-state index in [1.165, 1.54) is 23.3 Å². The van der Waals surface area contributed by atoms with E-state index in [0.717, 1.165) is 61.5 Å². The van der Waals surface area contributed by atoms with Gasteiger partial charge in [-0.2, -0.15) is 0 Å². The molecule has 1 fully saturated rings. The Morgan fingerprint density at radius 2 is 1.57 bits per heavy atom. The molecule has 1 aliphatic rings. The molecule has 292 valence electrons. The van der Waals surface area contributed by atoms with E-state index in [-0.39, 0.29) is 22.2 Å². The summed E-state index contributed by atoms with van der Waals surface area (Å²) in [5, 5.41) is 16.2. The smallest absolute Gasteiger partial charge is 0.293 e. The van der Waals surface area contributed by atoms with Crippen LogP contribution in [0.15, 0.2) is 131 Å². The zero-order valence-corrected chi connectivity index (χ0v) is 33.7. The lowest BCUT2D eigenvalue weighted by molar-refractivity contribution is -0.384. The van der Waals surface area contributed by atoms with Crippen LogP contribution in [0.1, 0.15) is 22.3 Å². The Morgan fingerprint density at radius 1 is 0.893 bits per heavy atom. The van der Waals surface area contributed by atoms with E-state index in [1.807, 2.05) is 79.7 Å². The number of carbonyl (C=O) groups excluding carboxylic acids is 1. The van der Waals surface area contributed by atoms with Gasteiger partial charge in [-0.1, -0.05) is 66.2 Å². The van der Waals surface area contributed by atoms with Crippen molar-refractivity contribution >= 4 is 56.4 Å². The van der Waals surface area contributed by atoms with Crippen LogP contribution in [0.2, 0.25) is 5.02 Å². The van der Waals surface area contributed by atoms with E-state index in [0.29, 0.717) is 17.2 Å². The summed E-state index contributed by atoms with van der Waals surface area (Å²) >= 11 is 7.75.